The lowest BCUT2D eigenvalue weighted by atomic mass is 9.79. The summed E-state index contributed by atoms with van der Waals surface area (Å²) in [4.78, 5) is 2.41. The number of nitrogens with zero attached hydrogens (tertiary/aromatic N) is 3. The zero-order chi connectivity index (χ0) is 19.6. The maximum atomic E-state index is 6.20. The van der Waals surface area contributed by atoms with Crippen molar-refractivity contribution in [3.63, 3.8) is 0 Å². The normalized spacial score (nSPS) is 27.4. The average Bonchev–Trinajstić information content (AvgIpc) is 3.03. The molecule has 0 amide bonds. The molecule has 0 N–H and O–H groups in total. The lowest BCUT2D eigenvalue weighted by Gasteiger charge is -2.40. The maximum absolute atomic E-state index is 6.20. The number of rotatable bonds is 2. The van der Waals surface area contributed by atoms with E-state index in [1.807, 2.05) is 0 Å². The van der Waals surface area contributed by atoms with Crippen LogP contribution in [-0.4, -0.2) is 53.1 Å². The van der Waals surface area contributed by atoms with Gasteiger partial charge in [-0.15, -0.1) is 0 Å². The van der Waals surface area contributed by atoms with Crippen molar-refractivity contribution in [2.45, 2.75) is 65.2 Å². The van der Waals surface area contributed by atoms with E-state index in [-0.39, 0.29) is 18.3 Å². The molecule has 1 aromatic heterocycles. The lowest BCUT2D eigenvalue weighted by molar-refractivity contribution is 0.00578. The van der Waals surface area contributed by atoms with Crippen LogP contribution in [0.5, 0.6) is 0 Å². The molecule has 2 saturated heterocycles. The van der Waals surface area contributed by atoms with E-state index in [0.29, 0.717) is 11.5 Å². The molecule has 27 heavy (non-hydrogen) atoms. The van der Waals surface area contributed by atoms with Gasteiger partial charge in [0.15, 0.2) is 0 Å². The Bertz CT molecular complexity index is 842. The molecule has 1 unspecified atom stereocenters. The molecule has 4 rings (SSSR count). The molecule has 5 nitrogen and oxygen atoms in total. The van der Waals surface area contributed by atoms with Crippen molar-refractivity contribution in [3.8, 4) is 0 Å². The molecule has 0 aliphatic carbocycles. The van der Waals surface area contributed by atoms with E-state index in [9.17, 15) is 0 Å². The van der Waals surface area contributed by atoms with Crippen LogP contribution in [0.1, 0.15) is 54.0 Å². The summed E-state index contributed by atoms with van der Waals surface area (Å²) < 4.78 is 14.6. The van der Waals surface area contributed by atoms with Gasteiger partial charge in [0.25, 0.3) is 0 Å². The Hall–Kier alpha value is -1.37. The third-order valence-corrected chi connectivity index (χ3v) is 6.46. The third-order valence-electron chi connectivity index (χ3n) is 6.46. The van der Waals surface area contributed by atoms with Gasteiger partial charge in [-0.1, -0.05) is 26.0 Å². The number of benzene rings is 1. The molecule has 146 valence electrons. The molecule has 3 heterocycles. The number of fused-ring (bicyclic) bond motifs is 1. The SMILES string of the molecule is CN1CC(n2cc3ccc(B4OC(C)(C)C(C)(C)O4)cc3n2)CC(C)(C)C1. The van der Waals surface area contributed by atoms with Crippen LogP contribution in [0.15, 0.2) is 24.4 Å². The largest absolute Gasteiger partial charge is 0.494 e. The Balaban J connectivity index is 1.61. The van der Waals surface area contributed by atoms with E-state index in [2.05, 4.69) is 82.6 Å². The average molecular weight is 369 g/mol. The molecule has 0 saturated carbocycles. The van der Waals surface area contributed by atoms with Crippen LogP contribution in [0.2, 0.25) is 0 Å². The molecule has 1 atom stereocenters. The highest BCUT2D eigenvalue weighted by Gasteiger charge is 2.51. The molecule has 2 aliphatic heterocycles. The first-order chi connectivity index (χ1) is 12.5. The van der Waals surface area contributed by atoms with Crippen LogP contribution in [-0.2, 0) is 9.31 Å². The highest BCUT2D eigenvalue weighted by molar-refractivity contribution is 6.62. The van der Waals surface area contributed by atoms with E-state index in [0.717, 1.165) is 30.5 Å². The quantitative estimate of drug-likeness (QED) is 0.762. The van der Waals surface area contributed by atoms with Gasteiger partial charge in [0.1, 0.15) is 0 Å². The Kier molecular flexibility index (Phi) is 4.26. The first-order valence-corrected chi connectivity index (χ1v) is 9.99. The zero-order valence-electron chi connectivity index (χ0n) is 17.7. The molecule has 0 bridgehead atoms. The molecule has 0 radical (unpaired) electrons. The van der Waals surface area contributed by atoms with Crippen molar-refractivity contribution in [1.29, 1.82) is 0 Å². The van der Waals surface area contributed by atoms with Crippen LogP contribution < -0.4 is 5.46 Å². The molecular formula is C21H32BN3O2. The summed E-state index contributed by atoms with van der Waals surface area (Å²) in [5, 5.41) is 6.09. The van der Waals surface area contributed by atoms with Crippen molar-refractivity contribution in [1.82, 2.24) is 14.7 Å². The summed E-state index contributed by atoms with van der Waals surface area (Å²) in [5.41, 5.74) is 1.69. The van der Waals surface area contributed by atoms with Gasteiger partial charge in [-0.25, -0.2) is 0 Å². The smallest absolute Gasteiger partial charge is 0.399 e. The number of likely N-dealkylation sites (tertiary alicyclic amines) is 1. The Morgan fingerprint density at radius 3 is 2.37 bits per heavy atom. The van der Waals surface area contributed by atoms with Crippen LogP contribution >= 0.6 is 0 Å². The minimum absolute atomic E-state index is 0.309. The highest BCUT2D eigenvalue weighted by atomic mass is 16.7. The van der Waals surface area contributed by atoms with E-state index in [1.165, 1.54) is 5.39 Å². The Labute approximate surface area is 163 Å². The minimum atomic E-state index is -0.343. The molecule has 1 aromatic carbocycles. The first kappa shape index (κ1) is 19.0. The molecule has 2 aromatic rings. The van der Waals surface area contributed by atoms with Gasteiger partial charge in [0.05, 0.1) is 22.8 Å². The number of aromatic nitrogens is 2. The van der Waals surface area contributed by atoms with Crippen LogP contribution in [0.4, 0.5) is 0 Å². The number of hydrogen-bond donors (Lipinski definition) is 0. The first-order valence-electron chi connectivity index (χ1n) is 9.99. The number of likely N-dealkylation sites (N-methyl/N-ethyl adjacent to an activating group) is 1. The van der Waals surface area contributed by atoms with Gasteiger partial charge in [-0.05, 0) is 58.1 Å². The summed E-state index contributed by atoms with van der Waals surface area (Å²) >= 11 is 0. The van der Waals surface area contributed by atoms with Crippen LogP contribution in [0.3, 0.4) is 0 Å². The fourth-order valence-electron chi connectivity index (χ4n) is 4.46. The van der Waals surface area contributed by atoms with Gasteiger partial charge in [0, 0.05) is 24.7 Å². The predicted molar refractivity (Wildman–Crippen MR) is 110 cm³/mol. The lowest BCUT2D eigenvalue weighted by Crippen LogP contribution is -2.43. The van der Waals surface area contributed by atoms with Gasteiger partial charge >= 0.3 is 7.12 Å². The van der Waals surface area contributed by atoms with E-state index >= 15 is 0 Å². The second-order valence-corrected chi connectivity index (χ2v) is 10.2. The van der Waals surface area contributed by atoms with Gasteiger partial charge < -0.3 is 14.2 Å². The third kappa shape index (κ3) is 3.43. The second-order valence-electron chi connectivity index (χ2n) is 10.2. The van der Waals surface area contributed by atoms with Crippen LogP contribution in [0, 0.1) is 5.41 Å². The molecular weight excluding hydrogens is 337 g/mol. The predicted octanol–water partition coefficient (Wildman–Crippen LogP) is 3.24. The summed E-state index contributed by atoms with van der Waals surface area (Å²) in [6.07, 6.45) is 3.33. The van der Waals surface area contributed by atoms with E-state index < -0.39 is 0 Å². The maximum Gasteiger partial charge on any atom is 0.494 e. The topological polar surface area (TPSA) is 39.5 Å². The Morgan fingerprint density at radius 1 is 1.07 bits per heavy atom. The fourth-order valence-corrected chi connectivity index (χ4v) is 4.46. The van der Waals surface area contributed by atoms with Crippen molar-refractivity contribution in [2.24, 2.45) is 5.41 Å². The summed E-state index contributed by atoms with van der Waals surface area (Å²) in [6, 6.07) is 6.77. The van der Waals surface area contributed by atoms with Crippen molar-refractivity contribution in [2.75, 3.05) is 20.1 Å². The van der Waals surface area contributed by atoms with Gasteiger partial charge in [0.2, 0.25) is 0 Å². The second kappa shape index (κ2) is 6.06. The summed E-state index contributed by atoms with van der Waals surface area (Å²) in [5.74, 6) is 0. The summed E-state index contributed by atoms with van der Waals surface area (Å²) in [6.45, 7) is 15.2. The number of piperidine rings is 1. The van der Waals surface area contributed by atoms with E-state index in [4.69, 9.17) is 14.4 Å². The number of hydrogen-bond acceptors (Lipinski definition) is 4. The molecule has 2 aliphatic rings. The van der Waals surface area contributed by atoms with Crippen molar-refractivity contribution >= 4 is 23.5 Å². The van der Waals surface area contributed by atoms with Crippen molar-refractivity contribution in [3.05, 3.63) is 24.4 Å². The molecule has 2 fully saturated rings. The monoisotopic (exact) mass is 369 g/mol. The van der Waals surface area contributed by atoms with Gasteiger partial charge in [-0.3, -0.25) is 4.68 Å². The van der Waals surface area contributed by atoms with Crippen LogP contribution in [0.25, 0.3) is 10.9 Å². The Morgan fingerprint density at radius 2 is 1.74 bits per heavy atom. The fraction of sp³-hybridized carbons (Fsp3) is 0.667. The van der Waals surface area contributed by atoms with Crippen molar-refractivity contribution < 1.29 is 9.31 Å². The molecule has 6 heteroatoms. The molecule has 0 spiro atoms. The van der Waals surface area contributed by atoms with E-state index in [1.54, 1.807) is 0 Å². The summed E-state index contributed by atoms with van der Waals surface area (Å²) in [7, 11) is 1.86. The highest BCUT2D eigenvalue weighted by Crippen LogP contribution is 2.37. The standard InChI is InChI=1S/C21H32BN3O2/c1-19(2)11-17(13-24(7)14-19)25-12-15-8-9-16(10-18(15)23-25)22-26-20(3,4)21(5,6)27-22/h8-10,12,17H,11,13-14H2,1-7H3. The minimum Gasteiger partial charge on any atom is -0.399 e. The van der Waals surface area contributed by atoms with Gasteiger partial charge in [-0.2, -0.15) is 5.10 Å². The zero-order valence-corrected chi connectivity index (χ0v) is 17.7.